The molecule has 6 nitrogen and oxygen atoms in total. The van der Waals surface area contributed by atoms with E-state index < -0.39 is 24.2 Å². The van der Waals surface area contributed by atoms with Gasteiger partial charge in [0, 0.05) is 13.0 Å². The first-order chi connectivity index (χ1) is 7.10. The minimum Gasteiger partial charge on any atom is -0.467 e. The maximum absolute atomic E-state index is 11.4. The third kappa shape index (κ3) is 2.59. The lowest BCUT2D eigenvalue weighted by Gasteiger charge is -2.34. The van der Waals surface area contributed by atoms with Gasteiger partial charge in [-0.2, -0.15) is 0 Å². The quantitative estimate of drug-likeness (QED) is 0.613. The zero-order valence-corrected chi connectivity index (χ0v) is 8.80. The summed E-state index contributed by atoms with van der Waals surface area (Å²) in [5, 5.41) is 9.41. The van der Waals surface area contributed by atoms with Gasteiger partial charge in [-0.3, -0.25) is 4.90 Å². The molecule has 6 heteroatoms. The number of methoxy groups -OCH3 is 2. The Bertz CT molecular complexity index is 255. The largest absolute Gasteiger partial charge is 0.467 e. The summed E-state index contributed by atoms with van der Waals surface area (Å²) in [7, 11) is 2.50. The first kappa shape index (κ1) is 11.8. The SMILES string of the molecule is COC(=O)C1C[C@H](O)CCN1C(=O)OC. The molecule has 0 aromatic rings. The van der Waals surface area contributed by atoms with Crippen molar-refractivity contribution in [1.29, 1.82) is 0 Å². The van der Waals surface area contributed by atoms with E-state index in [1.807, 2.05) is 0 Å². The molecule has 1 N–H and O–H groups in total. The zero-order chi connectivity index (χ0) is 11.4. The molecule has 1 saturated heterocycles. The van der Waals surface area contributed by atoms with Gasteiger partial charge < -0.3 is 14.6 Å². The minimum atomic E-state index is -0.744. The van der Waals surface area contributed by atoms with Crippen molar-refractivity contribution < 1.29 is 24.2 Å². The monoisotopic (exact) mass is 217 g/mol. The molecule has 1 aliphatic heterocycles. The number of aliphatic hydroxyl groups is 1. The molecule has 0 bridgehead atoms. The summed E-state index contributed by atoms with van der Waals surface area (Å²) < 4.78 is 9.11. The number of hydrogen-bond donors (Lipinski definition) is 1. The van der Waals surface area contributed by atoms with E-state index in [4.69, 9.17) is 0 Å². The molecule has 1 amide bonds. The molecule has 0 saturated carbocycles. The normalized spacial score (nSPS) is 25.9. The number of esters is 1. The molecule has 1 heterocycles. The number of nitrogens with zero attached hydrogens (tertiary/aromatic N) is 1. The van der Waals surface area contributed by atoms with Crippen LogP contribution in [0.2, 0.25) is 0 Å². The molecule has 0 aliphatic carbocycles. The lowest BCUT2D eigenvalue weighted by molar-refractivity contribution is -0.149. The van der Waals surface area contributed by atoms with Crippen molar-refractivity contribution in [3.63, 3.8) is 0 Å². The molecule has 1 aliphatic rings. The number of likely N-dealkylation sites (tertiary alicyclic amines) is 1. The highest BCUT2D eigenvalue weighted by molar-refractivity contribution is 5.81. The molecule has 0 aromatic carbocycles. The second-order valence-corrected chi connectivity index (χ2v) is 3.38. The van der Waals surface area contributed by atoms with Gasteiger partial charge in [-0.25, -0.2) is 9.59 Å². The second-order valence-electron chi connectivity index (χ2n) is 3.38. The van der Waals surface area contributed by atoms with Crippen LogP contribution in [0.4, 0.5) is 4.79 Å². The third-order valence-corrected chi connectivity index (χ3v) is 2.46. The maximum Gasteiger partial charge on any atom is 0.410 e. The summed E-state index contributed by atoms with van der Waals surface area (Å²) in [6, 6.07) is -0.744. The number of carbonyl (C=O) groups excluding carboxylic acids is 2. The lowest BCUT2D eigenvalue weighted by Crippen LogP contribution is -2.51. The first-order valence-corrected chi connectivity index (χ1v) is 4.70. The van der Waals surface area contributed by atoms with Gasteiger partial charge in [-0.1, -0.05) is 0 Å². The number of hydrogen-bond acceptors (Lipinski definition) is 5. The molecule has 2 atom stereocenters. The number of carbonyl (C=O) groups is 2. The van der Waals surface area contributed by atoms with Gasteiger partial charge in [-0.05, 0) is 6.42 Å². The van der Waals surface area contributed by atoms with Crippen molar-refractivity contribution in [2.45, 2.75) is 25.0 Å². The van der Waals surface area contributed by atoms with Crippen molar-refractivity contribution in [1.82, 2.24) is 4.90 Å². The van der Waals surface area contributed by atoms with Gasteiger partial charge in [0.1, 0.15) is 6.04 Å². The van der Waals surface area contributed by atoms with Crippen LogP contribution in [0.5, 0.6) is 0 Å². The van der Waals surface area contributed by atoms with E-state index in [0.717, 1.165) is 0 Å². The second kappa shape index (κ2) is 4.97. The molecule has 1 unspecified atom stereocenters. The maximum atomic E-state index is 11.4. The average Bonchev–Trinajstić information content (AvgIpc) is 2.26. The molecule has 0 aromatic heterocycles. The summed E-state index contributed by atoms with van der Waals surface area (Å²) in [5.41, 5.74) is 0. The van der Waals surface area contributed by atoms with E-state index in [9.17, 15) is 14.7 Å². The van der Waals surface area contributed by atoms with Crippen LogP contribution in [0.3, 0.4) is 0 Å². The van der Waals surface area contributed by atoms with Crippen molar-refractivity contribution >= 4 is 12.1 Å². The van der Waals surface area contributed by atoms with Crippen molar-refractivity contribution in [2.75, 3.05) is 20.8 Å². The van der Waals surface area contributed by atoms with Gasteiger partial charge >= 0.3 is 12.1 Å². The Morgan fingerprint density at radius 2 is 2.00 bits per heavy atom. The Morgan fingerprint density at radius 1 is 1.33 bits per heavy atom. The van der Waals surface area contributed by atoms with E-state index in [1.54, 1.807) is 0 Å². The van der Waals surface area contributed by atoms with Crippen LogP contribution < -0.4 is 0 Å². The fourth-order valence-electron chi connectivity index (χ4n) is 1.64. The van der Waals surface area contributed by atoms with E-state index in [2.05, 4.69) is 9.47 Å². The molecule has 1 rings (SSSR count). The van der Waals surface area contributed by atoms with E-state index in [1.165, 1.54) is 19.1 Å². The third-order valence-electron chi connectivity index (χ3n) is 2.46. The number of ether oxygens (including phenoxy) is 2. The minimum absolute atomic E-state index is 0.196. The molecular weight excluding hydrogens is 202 g/mol. The molecule has 0 radical (unpaired) electrons. The Kier molecular flexibility index (Phi) is 3.90. The van der Waals surface area contributed by atoms with E-state index in [-0.39, 0.29) is 6.42 Å². The predicted molar refractivity (Wildman–Crippen MR) is 50.2 cm³/mol. The van der Waals surface area contributed by atoms with Crippen LogP contribution in [0.15, 0.2) is 0 Å². The highest BCUT2D eigenvalue weighted by atomic mass is 16.5. The zero-order valence-electron chi connectivity index (χ0n) is 8.80. The first-order valence-electron chi connectivity index (χ1n) is 4.70. The molecular formula is C9H15NO5. The number of amides is 1. The van der Waals surface area contributed by atoms with Gasteiger partial charge in [0.05, 0.1) is 20.3 Å². The summed E-state index contributed by atoms with van der Waals surface area (Å²) in [6.45, 7) is 0.299. The number of piperidine rings is 1. The molecule has 86 valence electrons. The van der Waals surface area contributed by atoms with Gasteiger partial charge in [-0.15, -0.1) is 0 Å². The summed E-state index contributed by atoms with van der Waals surface area (Å²) in [5.74, 6) is -0.529. The number of rotatable bonds is 1. The van der Waals surface area contributed by atoms with E-state index in [0.29, 0.717) is 13.0 Å². The standard InChI is InChI=1S/C9H15NO5/c1-14-8(12)7-5-6(11)3-4-10(7)9(13)15-2/h6-7,11H,3-5H2,1-2H3/t6-,7?/m1/s1. The van der Waals surface area contributed by atoms with Crippen LogP contribution in [0, 0.1) is 0 Å². The lowest BCUT2D eigenvalue weighted by atomic mass is 10.0. The highest BCUT2D eigenvalue weighted by Gasteiger charge is 2.36. The fourth-order valence-corrected chi connectivity index (χ4v) is 1.64. The average molecular weight is 217 g/mol. The van der Waals surface area contributed by atoms with Gasteiger partial charge in [0.15, 0.2) is 0 Å². The van der Waals surface area contributed by atoms with Crippen LogP contribution in [-0.2, 0) is 14.3 Å². The van der Waals surface area contributed by atoms with Crippen LogP contribution in [-0.4, -0.2) is 55.0 Å². The van der Waals surface area contributed by atoms with Gasteiger partial charge in [0.2, 0.25) is 0 Å². The summed E-state index contributed by atoms with van der Waals surface area (Å²) in [6.07, 6.45) is -0.503. The Hall–Kier alpha value is -1.30. The van der Waals surface area contributed by atoms with Gasteiger partial charge in [0.25, 0.3) is 0 Å². The van der Waals surface area contributed by atoms with Crippen LogP contribution in [0.1, 0.15) is 12.8 Å². The summed E-state index contributed by atoms with van der Waals surface area (Å²) >= 11 is 0. The van der Waals surface area contributed by atoms with Crippen molar-refractivity contribution in [3.8, 4) is 0 Å². The molecule has 1 fully saturated rings. The Balaban J connectivity index is 2.74. The van der Waals surface area contributed by atoms with Crippen molar-refractivity contribution in [3.05, 3.63) is 0 Å². The van der Waals surface area contributed by atoms with Crippen LogP contribution in [0.25, 0.3) is 0 Å². The highest BCUT2D eigenvalue weighted by Crippen LogP contribution is 2.19. The Morgan fingerprint density at radius 3 is 2.53 bits per heavy atom. The van der Waals surface area contributed by atoms with E-state index >= 15 is 0 Å². The fraction of sp³-hybridized carbons (Fsp3) is 0.778. The smallest absolute Gasteiger partial charge is 0.410 e. The number of aliphatic hydroxyl groups excluding tert-OH is 1. The molecule has 15 heavy (non-hydrogen) atoms. The van der Waals surface area contributed by atoms with Crippen molar-refractivity contribution in [2.24, 2.45) is 0 Å². The molecule has 0 spiro atoms. The summed E-state index contributed by atoms with van der Waals surface area (Å²) in [4.78, 5) is 24.0. The van der Waals surface area contributed by atoms with Crippen LogP contribution >= 0.6 is 0 Å². The Labute approximate surface area is 87.8 Å². The predicted octanol–water partition coefficient (Wildman–Crippen LogP) is -0.249. The topological polar surface area (TPSA) is 76.1 Å².